The molecule has 2 rings (SSSR count). The van der Waals surface area contributed by atoms with E-state index in [1.54, 1.807) is 4.57 Å². The molecule has 0 bridgehead atoms. The van der Waals surface area contributed by atoms with Crippen LogP contribution in [0.25, 0.3) is 0 Å². The Kier molecular flexibility index (Phi) is 4.67. The molecule has 1 atom stereocenters. The monoisotopic (exact) mass is 315 g/mol. The number of hydrogen-bond acceptors (Lipinski definition) is 4. The molecule has 7 nitrogen and oxygen atoms in total. The van der Waals surface area contributed by atoms with Gasteiger partial charge in [0, 0.05) is 25.8 Å². The third-order valence-corrected chi connectivity index (χ3v) is 5.27. The first-order valence-corrected chi connectivity index (χ1v) is 8.49. The second-order valence-electron chi connectivity index (χ2n) is 5.84. The SMILES string of the molecule is CC(C)Cn1cnc(S(=O)(=O)N2CCCC(C(=O)O)C2)c1. The molecule has 1 fully saturated rings. The number of sulfonamides is 1. The molecule has 8 heteroatoms. The minimum atomic E-state index is -3.71. The lowest BCUT2D eigenvalue weighted by Crippen LogP contribution is -2.42. The number of aliphatic carboxylic acids is 1. The largest absolute Gasteiger partial charge is 0.481 e. The molecule has 0 radical (unpaired) electrons. The van der Waals surface area contributed by atoms with Gasteiger partial charge >= 0.3 is 5.97 Å². The van der Waals surface area contributed by atoms with Gasteiger partial charge in [-0.2, -0.15) is 4.31 Å². The van der Waals surface area contributed by atoms with Crippen LogP contribution in [0.4, 0.5) is 0 Å². The minimum absolute atomic E-state index is 0.00538. The van der Waals surface area contributed by atoms with E-state index in [0.717, 1.165) is 0 Å². The van der Waals surface area contributed by atoms with E-state index in [4.69, 9.17) is 5.11 Å². The van der Waals surface area contributed by atoms with Crippen LogP contribution >= 0.6 is 0 Å². The van der Waals surface area contributed by atoms with Crippen molar-refractivity contribution in [1.82, 2.24) is 13.9 Å². The molecule has 2 heterocycles. The second kappa shape index (κ2) is 6.15. The summed E-state index contributed by atoms with van der Waals surface area (Å²) >= 11 is 0. The standard InChI is InChI=1S/C13H21N3O4S/c1-10(2)6-15-8-12(14-9-15)21(19,20)16-5-3-4-11(7-16)13(17)18/h8-11H,3-7H2,1-2H3,(H,17,18). The molecule has 1 aromatic heterocycles. The molecule has 118 valence electrons. The van der Waals surface area contributed by atoms with Gasteiger partial charge in [0.05, 0.1) is 12.2 Å². The van der Waals surface area contributed by atoms with E-state index in [2.05, 4.69) is 4.98 Å². The molecule has 0 aliphatic carbocycles. The van der Waals surface area contributed by atoms with E-state index in [1.165, 1.54) is 16.8 Å². The highest BCUT2D eigenvalue weighted by molar-refractivity contribution is 7.89. The average molecular weight is 315 g/mol. The summed E-state index contributed by atoms with van der Waals surface area (Å²) < 4.78 is 28.0. The molecular formula is C13H21N3O4S. The third-order valence-electron chi connectivity index (χ3n) is 3.52. The molecule has 21 heavy (non-hydrogen) atoms. The fraction of sp³-hybridized carbons (Fsp3) is 0.692. The topological polar surface area (TPSA) is 92.5 Å². The Labute approximate surface area is 124 Å². The van der Waals surface area contributed by atoms with E-state index >= 15 is 0 Å². The quantitative estimate of drug-likeness (QED) is 0.876. The van der Waals surface area contributed by atoms with Gasteiger partial charge in [-0.3, -0.25) is 4.79 Å². The van der Waals surface area contributed by atoms with E-state index < -0.39 is 21.9 Å². The van der Waals surface area contributed by atoms with Crippen LogP contribution in [0.15, 0.2) is 17.6 Å². The maximum atomic E-state index is 12.5. The molecule has 0 saturated carbocycles. The first kappa shape index (κ1) is 16.0. The van der Waals surface area contributed by atoms with Gasteiger partial charge in [-0.05, 0) is 18.8 Å². The van der Waals surface area contributed by atoms with Gasteiger partial charge in [-0.15, -0.1) is 0 Å². The van der Waals surface area contributed by atoms with Crippen LogP contribution in [0, 0.1) is 11.8 Å². The summed E-state index contributed by atoms with van der Waals surface area (Å²) in [5, 5.41) is 9.05. The van der Waals surface area contributed by atoms with E-state index in [0.29, 0.717) is 31.8 Å². The van der Waals surface area contributed by atoms with Crippen molar-refractivity contribution in [2.24, 2.45) is 11.8 Å². The summed E-state index contributed by atoms with van der Waals surface area (Å²) in [6.07, 6.45) is 4.09. The molecule has 0 amide bonds. The first-order valence-electron chi connectivity index (χ1n) is 7.05. The van der Waals surface area contributed by atoms with Crippen LogP contribution in [-0.2, 0) is 21.4 Å². The normalized spacial score (nSPS) is 20.8. The molecule has 1 aliphatic rings. The number of hydrogen-bond donors (Lipinski definition) is 1. The number of piperidine rings is 1. The Morgan fingerprint density at radius 3 is 2.86 bits per heavy atom. The van der Waals surface area contributed by atoms with Crippen LogP contribution in [0.1, 0.15) is 26.7 Å². The average Bonchev–Trinajstić information content (AvgIpc) is 2.87. The Morgan fingerprint density at radius 2 is 2.24 bits per heavy atom. The molecule has 1 aliphatic heterocycles. The molecule has 1 saturated heterocycles. The smallest absolute Gasteiger partial charge is 0.307 e. The third kappa shape index (κ3) is 3.62. The van der Waals surface area contributed by atoms with Gasteiger partial charge in [0.1, 0.15) is 0 Å². The number of carboxylic acids is 1. The fourth-order valence-corrected chi connectivity index (χ4v) is 3.95. The summed E-state index contributed by atoms with van der Waals surface area (Å²) in [5.41, 5.74) is 0. The Hall–Kier alpha value is -1.41. The van der Waals surface area contributed by atoms with Crippen molar-refractivity contribution in [3.8, 4) is 0 Å². The van der Waals surface area contributed by atoms with Gasteiger partial charge in [0.25, 0.3) is 10.0 Å². The lowest BCUT2D eigenvalue weighted by Gasteiger charge is -2.29. The molecule has 0 spiro atoms. The lowest BCUT2D eigenvalue weighted by molar-refractivity contribution is -0.142. The summed E-state index contributed by atoms with van der Waals surface area (Å²) in [7, 11) is -3.71. The molecular weight excluding hydrogens is 294 g/mol. The fourth-order valence-electron chi connectivity index (χ4n) is 2.49. The van der Waals surface area contributed by atoms with Crippen LogP contribution in [0.2, 0.25) is 0 Å². The predicted molar refractivity (Wildman–Crippen MR) is 76.2 cm³/mol. The number of aromatic nitrogens is 2. The minimum Gasteiger partial charge on any atom is -0.481 e. The summed E-state index contributed by atoms with van der Waals surface area (Å²) in [4.78, 5) is 15.0. The van der Waals surface area contributed by atoms with Crippen molar-refractivity contribution in [3.63, 3.8) is 0 Å². The maximum absolute atomic E-state index is 12.5. The van der Waals surface area contributed by atoms with Gasteiger partial charge in [-0.1, -0.05) is 13.8 Å². The highest BCUT2D eigenvalue weighted by Gasteiger charge is 2.34. The maximum Gasteiger partial charge on any atom is 0.307 e. The van der Waals surface area contributed by atoms with Crippen molar-refractivity contribution in [1.29, 1.82) is 0 Å². The molecule has 1 unspecified atom stereocenters. The van der Waals surface area contributed by atoms with Crippen LogP contribution in [0.3, 0.4) is 0 Å². The van der Waals surface area contributed by atoms with Crippen molar-refractivity contribution < 1.29 is 18.3 Å². The van der Waals surface area contributed by atoms with E-state index in [1.807, 2.05) is 13.8 Å². The zero-order valence-electron chi connectivity index (χ0n) is 12.3. The molecule has 1 N–H and O–H groups in total. The number of carbonyl (C=O) groups is 1. The predicted octanol–water partition coefficient (Wildman–Crippen LogP) is 1.02. The van der Waals surface area contributed by atoms with Gasteiger partial charge in [0.2, 0.25) is 0 Å². The molecule has 0 aromatic carbocycles. The van der Waals surface area contributed by atoms with E-state index in [9.17, 15) is 13.2 Å². The van der Waals surface area contributed by atoms with Crippen molar-refractivity contribution in [3.05, 3.63) is 12.5 Å². The Balaban J connectivity index is 2.17. The van der Waals surface area contributed by atoms with E-state index in [-0.39, 0.29) is 11.6 Å². The summed E-state index contributed by atoms with van der Waals surface area (Å²) in [6, 6.07) is 0. The van der Waals surface area contributed by atoms with Crippen molar-refractivity contribution in [2.75, 3.05) is 13.1 Å². The molecule has 1 aromatic rings. The first-order chi connectivity index (χ1) is 9.80. The van der Waals surface area contributed by atoms with Gasteiger partial charge in [0.15, 0.2) is 5.03 Å². The highest BCUT2D eigenvalue weighted by atomic mass is 32.2. The lowest BCUT2D eigenvalue weighted by atomic mass is 10.0. The van der Waals surface area contributed by atoms with Crippen LogP contribution in [-0.4, -0.2) is 46.4 Å². The summed E-state index contributed by atoms with van der Waals surface area (Å²) in [5.74, 6) is -1.19. The van der Waals surface area contributed by atoms with Gasteiger partial charge < -0.3 is 9.67 Å². The van der Waals surface area contributed by atoms with Crippen molar-refractivity contribution in [2.45, 2.75) is 38.3 Å². The Morgan fingerprint density at radius 1 is 1.52 bits per heavy atom. The van der Waals surface area contributed by atoms with Crippen molar-refractivity contribution >= 4 is 16.0 Å². The zero-order valence-corrected chi connectivity index (χ0v) is 13.1. The second-order valence-corrected chi connectivity index (χ2v) is 7.73. The van der Waals surface area contributed by atoms with Gasteiger partial charge in [-0.25, -0.2) is 13.4 Å². The number of nitrogens with zero attached hydrogens (tertiary/aromatic N) is 3. The number of carboxylic acid groups (broad SMARTS) is 1. The van der Waals surface area contributed by atoms with Crippen LogP contribution < -0.4 is 0 Å². The highest BCUT2D eigenvalue weighted by Crippen LogP contribution is 2.23. The number of rotatable bonds is 5. The van der Waals surface area contributed by atoms with Crippen LogP contribution in [0.5, 0.6) is 0 Å². The zero-order chi connectivity index (χ0) is 15.6. The Bertz CT molecular complexity index is 609. The number of imidazole rings is 1. The summed E-state index contributed by atoms with van der Waals surface area (Å²) in [6.45, 7) is 5.14.